The third-order valence-electron chi connectivity index (χ3n) is 4.83. The quantitative estimate of drug-likeness (QED) is 0.856. The van der Waals surface area contributed by atoms with Crippen LogP contribution < -0.4 is 10.9 Å². The summed E-state index contributed by atoms with van der Waals surface area (Å²) in [7, 11) is 3.55. The summed E-state index contributed by atoms with van der Waals surface area (Å²) in [5.41, 5.74) is 1.51. The zero-order valence-electron chi connectivity index (χ0n) is 15.2. The molecule has 3 rings (SSSR count). The molecule has 1 fully saturated rings. The molecule has 138 valence electrons. The number of hydrogen-bond acceptors (Lipinski definition) is 4. The van der Waals surface area contributed by atoms with Gasteiger partial charge in [0.2, 0.25) is 11.8 Å². The molecule has 8 nitrogen and oxygen atoms in total. The average molecular weight is 357 g/mol. The highest BCUT2D eigenvalue weighted by Crippen LogP contribution is 2.30. The van der Waals surface area contributed by atoms with Crippen LogP contribution in [-0.4, -0.2) is 44.2 Å². The average Bonchev–Trinajstić information content (AvgIpc) is 3.00. The molecule has 26 heavy (non-hydrogen) atoms. The van der Waals surface area contributed by atoms with Crippen molar-refractivity contribution < 1.29 is 9.59 Å². The SMILES string of the molecule is Cc1ccn(CC(=O)N[C@@H]2CCC(=O)N(C)[C@H]2c2ccnn2C)c(=O)c1. The van der Waals surface area contributed by atoms with Gasteiger partial charge >= 0.3 is 0 Å². The standard InChI is InChI=1S/C18H23N5O3/c1-12-7-9-23(17(26)10-12)11-15(24)20-13-4-5-16(25)21(2)18(13)14-6-8-19-22(14)3/h6-10,13,18H,4-5,11H2,1-3H3,(H,20,24)/t13-,18-/m1/s1. The Kier molecular flexibility index (Phi) is 4.92. The van der Waals surface area contributed by atoms with Gasteiger partial charge in [-0.1, -0.05) is 0 Å². The second-order valence-corrected chi connectivity index (χ2v) is 6.71. The van der Waals surface area contributed by atoms with Crippen molar-refractivity contribution >= 4 is 11.8 Å². The maximum atomic E-state index is 12.5. The Labute approximate surface area is 151 Å². The molecule has 0 bridgehead atoms. The van der Waals surface area contributed by atoms with E-state index in [4.69, 9.17) is 0 Å². The van der Waals surface area contributed by atoms with Crippen LogP contribution in [0.5, 0.6) is 0 Å². The third-order valence-corrected chi connectivity index (χ3v) is 4.83. The Morgan fingerprint density at radius 2 is 2.08 bits per heavy atom. The first-order valence-corrected chi connectivity index (χ1v) is 8.57. The highest BCUT2D eigenvalue weighted by molar-refractivity contribution is 5.79. The molecule has 2 atom stereocenters. The predicted octanol–water partition coefficient (Wildman–Crippen LogP) is 0.369. The molecule has 1 aliphatic heterocycles. The molecule has 0 aromatic carbocycles. The van der Waals surface area contributed by atoms with E-state index in [1.807, 2.05) is 20.0 Å². The first-order chi connectivity index (χ1) is 12.4. The van der Waals surface area contributed by atoms with E-state index in [9.17, 15) is 14.4 Å². The van der Waals surface area contributed by atoms with Crippen LogP contribution in [0.3, 0.4) is 0 Å². The van der Waals surface area contributed by atoms with Crippen LogP contribution >= 0.6 is 0 Å². The van der Waals surface area contributed by atoms with Gasteiger partial charge in [0.1, 0.15) is 6.54 Å². The fourth-order valence-electron chi connectivity index (χ4n) is 3.41. The Morgan fingerprint density at radius 3 is 2.73 bits per heavy atom. The summed E-state index contributed by atoms with van der Waals surface area (Å²) in [6, 6.07) is 4.62. The van der Waals surface area contributed by atoms with Gasteiger partial charge in [-0.3, -0.25) is 19.1 Å². The summed E-state index contributed by atoms with van der Waals surface area (Å²) >= 11 is 0. The molecule has 2 aromatic heterocycles. The number of piperidine rings is 1. The van der Waals surface area contributed by atoms with Crippen molar-refractivity contribution in [2.24, 2.45) is 7.05 Å². The van der Waals surface area contributed by atoms with E-state index in [1.165, 1.54) is 10.6 Å². The van der Waals surface area contributed by atoms with E-state index in [0.717, 1.165) is 11.3 Å². The molecule has 1 saturated heterocycles. The number of carbonyl (C=O) groups is 2. The van der Waals surface area contributed by atoms with Gasteiger partial charge < -0.3 is 14.8 Å². The number of amides is 2. The van der Waals surface area contributed by atoms with Crippen molar-refractivity contribution in [3.05, 3.63) is 52.2 Å². The number of aryl methyl sites for hydroxylation is 2. The Morgan fingerprint density at radius 1 is 1.31 bits per heavy atom. The van der Waals surface area contributed by atoms with Crippen LogP contribution in [0, 0.1) is 6.92 Å². The van der Waals surface area contributed by atoms with Crippen LogP contribution in [0.15, 0.2) is 35.4 Å². The number of carbonyl (C=O) groups excluding carboxylic acids is 2. The normalized spacial score (nSPS) is 20.3. The molecule has 0 spiro atoms. The maximum absolute atomic E-state index is 12.5. The van der Waals surface area contributed by atoms with Crippen LogP contribution in [0.2, 0.25) is 0 Å². The monoisotopic (exact) mass is 357 g/mol. The Balaban J connectivity index is 1.78. The van der Waals surface area contributed by atoms with E-state index in [-0.39, 0.29) is 36.0 Å². The van der Waals surface area contributed by atoms with Gasteiger partial charge in [0, 0.05) is 39.0 Å². The highest BCUT2D eigenvalue weighted by Gasteiger charge is 2.37. The number of pyridine rings is 1. The van der Waals surface area contributed by atoms with Gasteiger partial charge in [0.15, 0.2) is 0 Å². The highest BCUT2D eigenvalue weighted by atomic mass is 16.2. The molecule has 3 heterocycles. The summed E-state index contributed by atoms with van der Waals surface area (Å²) < 4.78 is 3.09. The minimum absolute atomic E-state index is 0.0384. The number of nitrogens with one attached hydrogen (secondary N) is 1. The summed E-state index contributed by atoms with van der Waals surface area (Å²) in [6.45, 7) is 1.78. The lowest BCUT2D eigenvalue weighted by atomic mass is 9.93. The largest absolute Gasteiger partial charge is 0.349 e. The molecular formula is C18H23N5O3. The van der Waals surface area contributed by atoms with E-state index in [1.54, 1.807) is 35.1 Å². The van der Waals surface area contributed by atoms with Crippen molar-refractivity contribution in [3.8, 4) is 0 Å². The predicted molar refractivity (Wildman–Crippen MR) is 95.3 cm³/mol. The lowest BCUT2D eigenvalue weighted by Crippen LogP contribution is -2.52. The summed E-state index contributed by atoms with van der Waals surface area (Å²) in [5, 5.41) is 7.17. The van der Waals surface area contributed by atoms with Crippen LogP contribution in [0.4, 0.5) is 0 Å². The van der Waals surface area contributed by atoms with Gasteiger partial charge in [0.05, 0.1) is 17.8 Å². The Hall–Kier alpha value is -2.90. The second-order valence-electron chi connectivity index (χ2n) is 6.71. The van der Waals surface area contributed by atoms with Crippen molar-refractivity contribution in [1.82, 2.24) is 24.6 Å². The molecule has 0 aliphatic carbocycles. The molecule has 8 heteroatoms. The summed E-state index contributed by atoms with van der Waals surface area (Å²) in [4.78, 5) is 38.3. The smallest absolute Gasteiger partial charge is 0.251 e. The zero-order valence-corrected chi connectivity index (χ0v) is 15.2. The zero-order chi connectivity index (χ0) is 18.8. The fourth-order valence-corrected chi connectivity index (χ4v) is 3.41. The molecule has 0 radical (unpaired) electrons. The lowest BCUT2D eigenvalue weighted by molar-refractivity contribution is -0.137. The maximum Gasteiger partial charge on any atom is 0.251 e. The lowest BCUT2D eigenvalue weighted by Gasteiger charge is -2.39. The molecule has 0 saturated carbocycles. The first kappa shape index (κ1) is 17.9. The molecule has 1 N–H and O–H groups in total. The first-order valence-electron chi connectivity index (χ1n) is 8.57. The number of aromatic nitrogens is 3. The van der Waals surface area contributed by atoms with Gasteiger partial charge in [-0.15, -0.1) is 0 Å². The van der Waals surface area contributed by atoms with Crippen molar-refractivity contribution in [1.29, 1.82) is 0 Å². The van der Waals surface area contributed by atoms with Crippen LogP contribution in [-0.2, 0) is 23.2 Å². The minimum Gasteiger partial charge on any atom is -0.349 e. The molecule has 2 amide bonds. The van der Waals surface area contributed by atoms with Crippen LogP contribution in [0.1, 0.15) is 30.1 Å². The van der Waals surface area contributed by atoms with Crippen molar-refractivity contribution in [2.75, 3.05) is 7.05 Å². The fraction of sp³-hybridized carbons (Fsp3) is 0.444. The second kappa shape index (κ2) is 7.15. The molecule has 1 aliphatic rings. The van der Waals surface area contributed by atoms with E-state index in [0.29, 0.717) is 12.8 Å². The topological polar surface area (TPSA) is 89.2 Å². The van der Waals surface area contributed by atoms with Crippen molar-refractivity contribution in [3.63, 3.8) is 0 Å². The van der Waals surface area contributed by atoms with Gasteiger partial charge in [0.25, 0.3) is 5.56 Å². The van der Waals surface area contributed by atoms with Crippen LogP contribution in [0.25, 0.3) is 0 Å². The van der Waals surface area contributed by atoms with Gasteiger partial charge in [-0.2, -0.15) is 5.10 Å². The number of likely N-dealkylation sites (N-methyl/N-ethyl adjacent to an activating group) is 1. The van der Waals surface area contributed by atoms with E-state index < -0.39 is 0 Å². The van der Waals surface area contributed by atoms with E-state index in [2.05, 4.69) is 10.4 Å². The van der Waals surface area contributed by atoms with Crippen molar-refractivity contribution in [2.45, 2.75) is 38.4 Å². The molecule has 2 aromatic rings. The number of hydrogen-bond donors (Lipinski definition) is 1. The molecular weight excluding hydrogens is 334 g/mol. The van der Waals surface area contributed by atoms with Gasteiger partial charge in [-0.05, 0) is 31.0 Å². The third kappa shape index (κ3) is 3.54. The number of nitrogens with zero attached hydrogens (tertiary/aromatic N) is 4. The summed E-state index contributed by atoms with van der Waals surface area (Å²) in [5.74, 6) is -0.215. The minimum atomic E-state index is -0.289. The number of likely N-dealkylation sites (tertiary alicyclic amines) is 1. The molecule has 0 unspecified atom stereocenters. The Bertz CT molecular complexity index is 885. The summed E-state index contributed by atoms with van der Waals surface area (Å²) in [6.07, 6.45) is 4.22. The van der Waals surface area contributed by atoms with E-state index >= 15 is 0 Å². The van der Waals surface area contributed by atoms with Gasteiger partial charge in [-0.25, -0.2) is 0 Å². The number of rotatable bonds is 4.